The van der Waals surface area contributed by atoms with Crippen LogP contribution < -0.4 is 4.90 Å². The van der Waals surface area contributed by atoms with Gasteiger partial charge >= 0.3 is 5.82 Å². The molecule has 9 heteroatoms. The van der Waals surface area contributed by atoms with Crippen LogP contribution in [0.1, 0.15) is 49.8 Å². The Morgan fingerprint density at radius 2 is 2.08 bits per heavy atom. The van der Waals surface area contributed by atoms with Crippen LogP contribution in [-0.2, 0) is 20.0 Å². The van der Waals surface area contributed by atoms with E-state index in [0.717, 1.165) is 56.8 Å². The van der Waals surface area contributed by atoms with E-state index in [0.29, 0.717) is 5.82 Å². The first-order valence-corrected chi connectivity index (χ1v) is 8.51. The molecule has 0 aromatic carbocycles. The Labute approximate surface area is 139 Å². The van der Waals surface area contributed by atoms with Gasteiger partial charge in [0.25, 0.3) is 0 Å². The SMILES string of the molecule is Cn1cnc([N+](=O)[O-])c1N1CCCC1c1nnc2n1CCCCC2. The van der Waals surface area contributed by atoms with E-state index in [1.54, 1.807) is 11.6 Å². The van der Waals surface area contributed by atoms with Gasteiger partial charge in [0.1, 0.15) is 5.82 Å². The van der Waals surface area contributed by atoms with E-state index in [1.165, 1.54) is 12.7 Å². The molecule has 2 aromatic heterocycles. The van der Waals surface area contributed by atoms with Gasteiger partial charge in [-0.25, -0.2) is 0 Å². The van der Waals surface area contributed by atoms with E-state index >= 15 is 0 Å². The van der Waals surface area contributed by atoms with Crippen molar-refractivity contribution in [3.8, 4) is 0 Å². The van der Waals surface area contributed by atoms with E-state index in [1.807, 2.05) is 0 Å². The number of imidazole rings is 1. The number of nitro groups is 1. The summed E-state index contributed by atoms with van der Waals surface area (Å²) in [7, 11) is 1.80. The van der Waals surface area contributed by atoms with E-state index < -0.39 is 4.92 Å². The third-order valence-corrected chi connectivity index (χ3v) is 5.02. The van der Waals surface area contributed by atoms with Crippen molar-refractivity contribution in [1.82, 2.24) is 24.3 Å². The highest BCUT2D eigenvalue weighted by Gasteiger charge is 2.37. The molecule has 0 bridgehead atoms. The van der Waals surface area contributed by atoms with Crippen molar-refractivity contribution in [2.45, 2.75) is 51.1 Å². The van der Waals surface area contributed by atoms with Crippen molar-refractivity contribution in [1.29, 1.82) is 0 Å². The maximum atomic E-state index is 11.3. The summed E-state index contributed by atoms with van der Waals surface area (Å²) in [5.74, 6) is 2.47. The summed E-state index contributed by atoms with van der Waals surface area (Å²) in [6.45, 7) is 1.71. The molecule has 1 atom stereocenters. The molecule has 1 fully saturated rings. The van der Waals surface area contributed by atoms with Crippen molar-refractivity contribution in [2.24, 2.45) is 7.05 Å². The first-order chi connectivity index (χ1) is 11.7. The van der Waals surface area contributed by atoms with Gasteiger partial charge < -0.3 is 19.6 Å². The van der Waals surface area contributed by atoms with Crippen molar-refractivity contribution < 1.29 is 4.92 Å². The molecule has 24 heavy (non-hydrogen) atoms. The topological polar surface area (TPSA) is 94.9 Å². The van der Waals surface area contributed by atoms with E-state index in [4.69, 9.17) is 0 Å². The molecule has 128 valence electrons. The second kappa shape index (κ2) is 5.88. The number of fused-ring (bicyclic) bond motifs is 1. The highest BCUT2D eigenvalue weighted by molar-refractivity contribution is 5.56. The minimum atomic E-state index is -0.408. The summed E-state index contributed by atoms with van der Waals surface area (Å²) in [5, 5.41) is 20.2. The molecule has 2 aliphatic rings. The third kappa shape index (κ3) is 2.35. The molecule has 1 unspecified atom stereocenters. The Balaban J connectivity index is 1.73. The Hall–Kier alpha value is -2.45. The average Bonchev–Trinajstić information content (AvgIpc) is 3.22. The molecule has 0 radical (unpaired) electrons. The fourth-order valence-electron chi connectivity index (χ4n) is 3.91. The number of aryl methyl sites for hydroxylation is 2. The molecular formula is C15H21N7O2. The fraction of sp³-hybridized carbons (Fsp3) is 0.667. The first kappa shape index (κ1) is 15.1. The zero-order chi connectivity index (χ0) is 16.7. The number of hydrogen-bond donors (Lipinski definition) is 0. The van der Waals surface area contributed by atoms with Crippen LogP contribution >= 0.6 is 0 Å². The third-order valence-electron chi connectivity index (χ3n) is 5.02. The lowest BCUT2D eigenvalue weighted by molar-refractivity contribution is -0.388. The number of rotatable bonds is 3. The van der Waals surface area contributed by atoms with Crippen LogP contribution in [0.4, 0.5) is 11.6 Å². The van der Waals surface area contributed by atoms with Gasteiger partial charge in [0.2, 0.25) is 12.1 Å². The Kier molecular flexibility index (Phi) is 3.70. The summed E-state index contributed by atoms with van der Waals surface area (Å²) in [5.41, 5.74) is 0. The highest BCUT2D eigenvalue weighted by atomic mass is 16.6. The van der Waals surface area contributed by atoms with Crippen molar-refractivity contribution in [2.75, 3.05) is 11.4 Å². The predicted octanol–water partition coefficient (Wildman–Crippen LogP) is 1.99. The van der Waals surface area contributed by atoms with Gasteiger partial charge in [-0.15, -0.1) is 10.2 Å². The summed E-state index contributed by atoms with van der Waals surface area (Å²) in [6.07, 6.45) is 7.88. The Morgan fingerprint density at radius 3 is 2.92 bits per heavy atom. The van der Waals surface area contributed by atoms with Crippen LogP contribution in [-0.4, -0.2) is 35.8 Å². The molecule has 2 aliphatic heterocycles. The van der Waals surface area contributed by atoms with Gasteiger partial charge in [-0.3, -0.25) is 4.57 Å². The van der Waals surface area contributed by atoms with E-state index in [-0.39, 0.29) is 11.9 Å². The second-order valence-corrected chi connectivity index (χ2v) is 6.55. The van der Waals surface area contributed by atoms with E-state index in [9.17, 15) is 10.1 Å². The fourth-order valence-corrected chi connectivity index (χ4v) is 3.91. The molecule has 0 amide bonds. The number of nitrogens with zero attached hydrogens (tertiary/aromatic N) is 7. The quantitative estimate of drug-likeness (QED) is 0.630. The van der Waals surface area contributed by atoms with Crippen LogP contribution in [0.3, 0.4) is 0 Å². The molecule has 0 aliphatic carbocycles. The lowest BCUT2D eigenvalue weighted by Crippen LogP contribution is -2.27. The number of anilines is 1. The van der Waals surface area contributed by atoms with E-state index in [2.05, 4.69) is 24.6 Å². The zero-order valence-corrected chi connectivity index (χ0v) is 13.8. The average molecular weight is 331 g/mol. The smallest absolute Gasteiger partial charge is 0.358 e. The first-order valence-electron chi connectivity index (χ1n) is 8.51. The van der Waals surface area contributed by atoms with Crippen molar-refractivity contribution in [3.05, 3.63) is 28.1 Å². The van der Waals surface area contributed by atoms with Gasteiger partial charge in [-0.1, -0.05) is 6.42 Å². The molecular weight excluding hydrogens is 310 g/mol. The Morgan fingerprint density at radius 1 is 1.21 bits per heavy atom. The summed E-state index contributed by atoms with van der Waals surface area (Å²) in [6, 6.07) is 0.0263. The zero-order valence-electron chi connectivity index (χ0n) is 13.8. The normalized spacial score (nSPS) is 20.9. The van der Waals surface area contributed by atoms with Crippen LogP contribution in [0.15, 0.2) is 6.33 Å². The van der Waals surface area contributed by atoms with Crippen LogP contribution in [0.2, 0.25) is 0 Å². The van der Waals surface area contributed by atoms with Gasteiger partial charge in [0, 0.05) is 26.6 Å². The lowest BCUT2D eigenvalue weighted by Gasteiger charge is -2.25. The lowest BCUT2D eigenvalue weighted by atomic mass is 10.2. The van der Waals surface area contributed by atoms with Gasteiger partial charge in [-0.05, 0) is 35.6 Å². The number of aromatic nitrogens is 5. The minimum Gasteiger partial charge on any atom is -0.358 e. The monoisotopic (exact) mass is 331 g/mol. The van der Waals surface area contributed by atoms with Crippen LogP contribution in [0.5, 0.6) is 0 Å². The molecule has 1 saturated heterocycles. The minimum absolute atomic E-state index is 0.0263. The molecule has 2 aromatic rings. The van der Waals surface area contributed by atoms with Crippen LogP contribution in [0.25, 0.3) is 0 Å². The molecule has 0 spiro atoms. The maximum absolute atomic E-state index is 11.3. The molecule has 9 nitrogen and oxygen atoms in total. The van der Waals surface area contributed by atoms with Crippen molar-refractivity contribution >= 4 is 11.6 Å². The molecule has 4 heterocycles. The van der Waals surface area contributed by atoms with Gasteiger partial charge in [0.15, 0.2) is 5.82 Å². The predicted molar refractivity (Wildman–Crippen MR) is 86.8 cm³/mol. The molecule has 0 saturated carbocycles. The van der Waals surface area contributed by atoms with Gasteiger partial charge in [0.05, 0.1) is 6.04 Å². The molecule has 0 N–H and O–H groups in total. The second-order valence-electron chi connectivity index (χ2n) is 6.55. The summed E-state index contributed by atoms with van der Waals surface area (Å²) < 4.78 is 3.97. The standard InChI is InChI=1S/C15H21N7O2/c1-19-10-16-14(22(23)24)15(19)20-9-5-6-11(20)13-18-17-12-7-3-2-4-8-21(12)13/h10-11H,2-9H2,1H3. The van der Waals surface area contributed by atoms with Crippen molar-refractivity contribution in [3.63, 3.8) is 0 Å². The summed E-state index contributed by atoms with van der Waals surface area (Å²) >= 11 is 0. The maximum Gasteiger partial charge on any atom is 0.406 e. The number of hydrogen-bond acceptors (Lipinski definition) is 6. The largest absolute Gasteiger partial charge is 0.406 e. The van der Waals surface area contributed by atoms with Crippen LogP contribution in [0, 0.1) is 10.1 Å². The molecule has 4 rings (SSSR count). The summed E-state index contributed by atoms with van der Waals surface area (Å²) in [4.78, 5) is 17.0. The highest BCUT2D eigenvalue weighted by Crippen LogP contribution is 2.39. The Bertz CT molecular complexity index is 766. The van der Waals surface area contributed by atoms with Gasteiger partial charge in [-0.2, -0.15) is 0 Å².